The van der Waals surface area contributed by atoms with Crippen LogP contribution in [0.5, 0.6) is 0 Å². The second kappa shape index (κ2) is 9.07. The molecule has 0 radical (unpaired) electrons. The van der Waals surface area contributed by atoms with Gasteiger partial charge in [-0.05, 0) is 16.3 Å². The second-order valence-electron chi connectivity index (χ2n) is 4.63. The Kier molecular flexibility index (Phi) is 7.41. The predicted molar refractivity (Wildman–Crippen MR) is 94.5 cm³/mol. The normalized spacial score (nSPS) is 15.5. The molecule has 0 aliphatic rings. The molecule has 2 aromatic rings. The molecule has 0 aliphatic carbocycles. The Labute approximate surface area is 140 Å². The number of nitrogens with zero attached hydrogens (tertiary/aromatic N) is 4. The summed E-state index contributed by atoms with van der Waals surface area (Å²) < 4.78 is 30.7. The number of rotatable bonds is 9. The van der Waals surface area contributed by atoms with Crippen molar-refractivity contribution in [3.8, 4) is 0 Å². The van der Waals surface area contributed by atoms with Gasteiger partial charge in [0.25, 0.3) is 0 Å². The van der Waals surface area contributed by atoms with Crippen molar-refractivity contribution < 1.29 is 18.2 Å². The van der Waals surface area contributed by atoms with Crippen molar-refractivity contribution >= 4 is 45.3 Å². The summed E-state index contributed by atoms with van der Waals surface area (Å²) in [5.41, 5.74) is 1.22. The Hall–Kier alpha value is -0.550. The number of alkyl halides is 1. The van der Waals surface area contributed by atoms with Crippen molar-refractivity contribution in [3.05, 3.63) is 12.7 Å². The van der Waals surface area contributed by atoms with Gasteiger partial charge in [0.05, 0.1) is 12.9 Å². The molecule has 0 aromatic carbocycles. The first kappa shape index (κ1) is 18.8. The summed E-state index contributed by atoms with van der Waals surface area (Å²) in [5, 5.41) is 2.87. The molecule has 2 heterocycles. The lowest BCUT2D eigenvalue weighted by molar-refractivity contribution is -0.103. The fourth-order valence-corrected chi connectivity index (χ4v) is 2.74. The molecule has 0 fully saturated rings. The number of ether oxygens (including phenoxy) is 1. The third-order valence-electron chi connectivity index (χ3n) is 3.26. The first-order chi connectivity index (χ1) is 11.2. The molecule has 0 spiro atoms. The molecule has 0 amide bonds. The van der Waals surface area contributed by atoms with Gasteiger partial charge < -0.3 is 18.9 Å². The van der Waals surface area contributed by atoms with E-state index in [0.717, 1.165) is 0 Å². The Balaban J connectivity index is 2.23. The summed E-state index contributed by atoms with van der Waals surface area (Å²) in [6.45, 7) is 1.28. The van der Waals surface area contributed by atoms with Crippen LogP contribution in [0.25, 0.3) is 11.2 Å². The van der Waals surface area contributed by atoms with E-state index in [4.69, 9.17) is 13.8 Å². The Bertz CT molecular complexity index is 630. The Morgan fingerprint density at radius 3 is 2.70 bits per heavy atom. The van der Waals surface area contributed by atoms with E-state index in [1.807, 2.05) is 16.4 Å². The molecule has 12 heteroatoms. The van der Waals surface area contributed by atoms with Crippen LogP contribution >= 0.6 is 28.3 Å². The molecular formula is C11H19FN5O3P3. The van der Waals surface area contributed by atoms with Gasteiger partial charge in [0, 0.05) is 18.9 Å². The first-order valence-electron chi connectivity index (χ1n) is 6.69. The number of hydrogen-bond acceptors (Lipinski definition) is 7. The van der Waals surface area contributed by atoms with Crippen molar-refractivity contribution in [1.29, 1.82) is 0 Å². The third kappa shape index (κ3) is 4.30. The van der Waals surface area contributed by atoms with Gasteiger partial charge in [-0.2, -0.15) is 0 Å². The van der Waals surface area contributed by atoms with E-state index in [-0.39, 0.29) is 6.61 Å². The average Bonchev–Trinajstić information content (AvgIpc) is 3.00. The van der Waals surface area contributed by atoms with Crippen LogP contribution in [0.15, 0.2) is 12.7 Å². The van der Waals surface area contributed by atoms with E-state index in [1.54, 1.807) is 10.9 Å². The lowest BCUT2D eigenvalue weighted by atomic mass is 10.2. The molecule has 4 unspecified atom stereocenters. The minimum absolute atomic E-state index is 0.165. The summed E-state index contributed by atoms with van der Waals surface area (Å²) in [6.07, 6.45) is 1.23. The molecule has 8 nitrogen and oxygen atoms in total. The molecule has 2 rings (SSSR count). The van der Waals surface area contributed by atoms with E-state index >= 15 is 0 Å². The maximum atomic E-state index is 13.0. The van der Waals surface area contributed by atoms with Crippen LogP contribution in [0, 0.1) is 0 Å². The molecule has 0 saturated heterocycles. The summed E-state index contributed by atoms with van der Waals surface area (Å²) in [6, 6.07) is 0. The molecule has 128 valence electrons. The molecule has 23 heavy (non-hydrogen) atoms. The lowest BCUT2D eigenvalue weighted by Crippen LogP contribution is -2.36. The Morgan fingerprint density at radius 1 is 1.30 bits per heavy atom. The number of hydrogen-bond donors (Lipinski definition) is 1. The van der Waals surface area contributed by atoms with Crippen molar-refractivity contribution in [3.63, 3.8) is 0 Å². The van der Waals surface area contributed by atoms with Gasteiger partial charge in [-0.1, -0.05) is 0 Å². The van der Waals surface area contributed by atoms with E-state index < -0.39 is 25.1 Å². The highest BCUT2D eigenvalue weighted by atomic mass is 31.0. The number of nitrogens with one attached hydrogen (secondary N) is 1. The van der Waals surface area contributed by atoms with Gasteiger partial charge >= 0.3 is 0 Å². The minimum Gasteiger partial charge on any atom is -0.363 e. The predicted octanol–water partition coefficient (Wildman–Crippen LogP) is 1.88. The fraction of sp³-hybridized carbons (Fsp3) is 0.545. The zero-order valence-electron chi connectivity index (χ0n) is 12.4. The molecule has 0 bridgehead atoms. The summed E-state index contributed by atoms with van der Waals surface area (Å²) in [5.74, 6) is 0.589. The number of anilines is 1. The van der Waals surface area contributed by atoms with E-state index in [0.29, 0.717) is 17.0 Å². The van der Waals surface area contributed by atoms with Gasteiger partial charge in [-0.25, -0.2) is 19.3 Å². The first-order valence-corrected chi connectivity index (χ1v) is 8.21. The molecule has 6 atom stereocenters. The average molecular weight is 381 g/mol. The third-order valence-corrected chi connectivity index (χ3v) is 4.08. The SMILES string of the molecule is C[C@@H](OC(COP)[C@@H](CF)OP)n1cnc2c(NP)ncnc21. The number of fused-ring (bicyclic) bond motifs is 1. The largest absolute Gasteiger partial charge is 0.363 e. The van der Waals surface area contributed by atoms with E-state index in [9.17, 15) is 4.39 Å². The quantitative estimate of drug-likeness (QED) is 0.664. The highest BCUT2D eigenvalue weighted by Gasteiger charge is 2.26. The van der Waals surface area contributed by atoms with Crippen LogP contribution in [0.4, 0.5) is 10.2 Å². The van der Waals surface area contributed by atoms with Gasteiger partial charge in [0.1, 0.15) is 31.4 Å². The van der Waals surface area contributed by atoms with Gasteiger partial charge in [0.2, 0.25) is 0 Å². The topological polar surface area (TPSA) is 83.3 Å². The molecule has 0 aliphatic heterocycles. The summed E-state index contributed by atoms with van der Waals surface area (Å²) >= 11 is 0. The number of halogens is 1. The summed E-state index contributed by atoms with van der Waals surface area (Å²) in [7, 11) is 6.53. The monoisotopic (exact) mass is 381 g/mol. The zero-order valence-corrected chi connectivity index (χ0v) is 15.9. The Morgan fingerprint density at radius 2 is 2.09 bits per heavy atom. The fourth-order valence-electron chi connectivity index (χ4n) is 2.09. The van der Waals surface area contributed by atoms with Crippen molar-refractivity contribution in [2.75, 3.05) is 18.4 Å². The van der Waals surface area contributed by atoms with Gasteiger partial charge in [-0.15, -0.1) is 0 Å². The van der Waals surface area contributed by atoms with Crippen LogP contribution < -0.4 is 5.09 Å². The van der Waals surface area contributed by atoms with Crippen LogP contribution in [-0.2, 0) is 13.8 Å². The minimum atomic E-state index is -0.753. The highest BCUT2D eigenvalue weighted by molar-refractivity contribution is 7.18. The maximum Gasteiger partial charge on any atom is 0.167 e. The second-order valence-corrected chi connectivity index (χ2v) is 5.52. The van der Waals surface area contributed by atoms with Crippen molar-refractivity contribution in [2.24, 2.45) is 0 Å². The maximum absolute atomic E-state index is 13.0. The van der Waals surface area contributed by atoms with Crippen LogP contribution in [0.1, 0.15) is 13.2 Å². The van der Waals surface area contributed by atoms with Crippen molar-refractivity contribution in [2.45, 2.75) is 25.4 Å². The lowest BCUT2D eigenvalue weighted by Gasteiger charge is -2.27. The van der Waals surface area contributed by atoms with Crippen LogP contribution in [0.2, 0.25) is 0 Å². The van der Waals surface area contributed by atoms with Gasteiger partial charge in [-0.3, -0.25) is 4.57 Å². The van der Waals surface area contributed by atoms with Crippen LogP contribution in [-0.4, -0.2) is 45.0 Å². The van der Waals surface area contributed by atoms with E-state index in [2.05, 4.69) is 38.9 Å². The van der Waals surface area contributed by atoms with Crippen LogP contribution in [0.3, 0.4) is 0 Å². The zero-order chi connectivity index (χ0) is 16.8. The number of aromatic nitrogens is 4. The molecule has 0 saturated carbocycles. The highest BCUT2D eigenvalue weighted by Crippen LogP contribution is 2.24. The molecule has 2 aromatic heterocycles. The standard InChI is InChI=1S/C11H19FN5O3P3/c1-6(19-8(3-18-22)7(2-12)20-23)17-5-15-9-10(16-21)13-4-14-11(9)17/h4-8H,2-3,21-23H2,1H3,(H,13,14,16)/t6-,7-,8?/m1/s1. The van der Waals surface area contributed by atoms with E-state index in [1.165, 1.54) is 6.33 Å². The molecular weight excluding hydrogens is 362 g/mol. The van der Waals surface area contributed by atoms with Crippen molar-refractivity contribution in [1.82, 2.24) is 19.5 Å². The van der Waals surface area contributed by atoms with Gasteiger partial charge in [0.15, 0.2) is 17.0 Å². The molecule has 1 N–H and O–H groups in total. The smallest absolute Gasteiger partial charge is 0.167 e. The summed E-state index contributed by atoms with van der Waals surface area (Å²) in [4.78, 5) is 12.6. The number of imidazole rings is 1.